The van der Waals surface area contributed by atoms with Crippen LogP contribution in [0.4, 0.5) is 13.2 Å². The Morgan fingerprint density at radius 1 is 1.13 bits per heavy atom. The number of benzene rings is 1. The van der Waals surface area contributed by atoms with E-state index in [0.29, 0.717) is 10.9 Å². The third-order valence-electron chi connectivity index (χ3n) is 4.48. The normalized spacial score (nSPS) is 21.9. The van der Waals surface area contributed by atoms with Crippen molar-refractivity contribution in [3.63, 3.8) is 0 Å². The topological polar surface area (TPSA) is 42.3 Å². The predicted molar refractivity (Wildman–Crippen MR) is 78.0 cm³/mol. The van der Waals surface area contributed by atoms with Gasteiger partial charge in [0.25, 0.3) is 5.91 Å². The molecule has 0 bridgehead atoms. The number of carbonyl (C=O) groups is 2. The van der Waals surface area contributed by atoms with Crippen molar-refractivity contribution in [3.05, 3.63) is 35.5 Å². The van der Waals surface area contributed by atoms with Gasteiger partial charge in [-0.25, -0.2) is 0 Å². The number of alkyl halides is 3. The van der Waals surface area contributed by atoms with Gasteiger partial charge < -0.3 is 4.57 Å². The summed E-state index contributed by atoms with van der Waals surface area (Å²) >= 11 is 0. The van der Waals surface area contributed by atoms with E-state index in [9.17, 15) is 22.8 Å². The summed E-state index contributed by atoms with van der Waals surface area (Å²) in [6, 6.07) is 6.86. The average molecular weight is 324 g/mol. The Labute approximate surface area is 130 Å². The fourth-order valence-electron chi connectivity index (χ4n) is 3.55. The Hall–Kier alpha value is -2.31. The van der Waals surface area contributed by atoms with Gasteiger partial charge in [-0.1, -0.05) is 18.2 Å². The van der Waals surface area contributed by atoms with Gasteiger partial charge in [0.1, 0.15) is 0 Å². The molecule has 1 aliphatic heterocycles. The van der Waals surface area contributed by atoms with E-state index < -0.39 is 29.8 Å². The zero-order valence-electron chi connectivity index (χ0n) is 12.9. The van der Waals surface area contributed by atoms with Crippen LogP contribution < -0.4 is 0 Å². The number of fused-ring (bicyclic) bond motifs is 3. The van der Waals surface area contributed by atoms with E-state index in [1.807, 2.05) is 0 Å². The van der Waals surface area contributed by atoms with Crippen LogP contribution in [0.1, 0.15) is 29.4 Å². The largest absolute Gasteiger partial charge is 0.390 e. The van der Waals surface area contributed by atoms with E-state index in [-0.39, 0.29) is 11.3 Å². The average Bonchev–Trinajstić information content (AvgIpc) is 2.76. The number of halogens is 3. The summed E-state index contributed by atoms with van der Waals surface area (Å²) in [7, 11) is 2.81. The number of para-hydroxylation sites is 1. The van der Waals surface area contributed by atoms with Crippen molar-refractivity contribution in [2.24, 2.45) is 7.05 Å². The maximum atomic E-state index is 13.1. The molecule has 1 aromatic carbocycles. The van der Waals surface area contributed by atoms with Gasteiger partial charge in [0.15, 0.2) is 0 Å². The summed E-state index contributed by atoms with van der Waals surface area (Å²) in [6.45, 7) is 1.25. The van der Waals surface area contributed by atoms with E-state index in [1.165, 1.54) is 18.5 Å². The summed E-state index contributed by atoms with van der Waals surface area (Å²) < 4.78 is 40.8. The highest BCUT2D eigenvalue weighted by atomic mass is 19.4. The summed E-state index contributed by atoms with van der Waals surface area (Å²) in [5.74, 6) is -1.40. The second-order valence-corrected chi connectivity index (χ2v) is 6.09. The molecule has 0 saturated carbocycles. The van der Waals surface area contributed by atoms with Crippen LogP contribution in [0.25, 0.3) is 10.9 Å². The molecule has 2 amide bonds. The fourth-order valence-corrected chi connectivity index (χ4v) is 3.55. The molecule has 0 fully saturated rings. The molecule has 3 rings (SSSR count). The zero-order valence-corrected chi connectivity index (χ0v) is 12.9. The number of rotatable bonds is 1. The van der Waals surface area contributed by atoms with Gasteiger partial charge >= 0.3 is 6.18 Å². The maximum Gasteiger partial charge on any atom is 0.390 e. The minimum atomic E-state index is -4.53. The van der Waals surface area contributed by atoms with Crippen molar-refractivity contribution in [1.29, 1.82) is 0 Å². The highest BCUT2D eigenvalue weighted by Gasteiger charge is 2.54. The number of imide groups is 1. The monoisotopic (exact) mass is 324 g/mol. The molecule has 4 nitrogen and oxygen atoms in total. The van der Waals surface area contributed by atoms with Crippen molar-refractivity contribution in [1.82, 2.24) is 9.47 Å². The summed E-state index contributed by atoms with van der Waals surface area (Å²) in [6.07, 6.45) is -5.84. The molecule has 2 aromatic rings. The molecule has 7 heteroatoms. The molecule has 1 atom stereocenters. The Morgan fingerprint density at radius 3 is 2.35 bits per heavy atom. The third kappa shape index (κ3) is 2.06. The fraction of sp³-hybridized carbons (Fsp3) is 0.375. The number of aromatic nitrogens is 1. The zero-order chi connectivity index (χ0) is 17.2. The Kier molecular flexibility index (Phi) is 3.11. The lowest BCUT2D eigenvalue weighted by Crippen LogP contribution is -2.53. The maximum absolute atomic E-state index is 13.1. The molecule has 2 heterocycles. The molecule has 0 radical (unpaired) electrons. The highest BCUT2D eigenvalue weighted by Crippen LogP contribution is 2.45. The lowest BCUT2D eigenvalue weighted by Gasteiger charge is -2.37. The van der Waals surface area contributed by atoms with Gasteiger partial charge in [-0.05, 0) is 13.0 Å². The van der Waals surface area contributed by atoms with Crippen molar-refractivity contribution >= 4 is 22.7 Å². The Morgan fingerprint density at radius 2 is 1.74 bits per heavy atom. The van der Waals surface area contributed by atoms with Crippen LogP contribution >= 0.6 is 0 Å². The molecule has 23 heavy (non-hydrogen) atoms. The molecule has 0 aliphatic carbocycles. The standard InChI is InChI=1S/C16H15F3N2O2/c1-15(8-16(17,18)19)12-11(13(22)21(3)14(15)23)9-6-4-5-7-10(9)20(12)2/h4-7H,8H2,1-3H3. The molecule has 1 aromatic heterocycles. The number of aryl methyl sites for hydroxylation is 1. The van der Waals surface area contributed by atoms with Gasteiger partial charge in [-0.3, -0.25) is 14.5 Å². The number of hydrogen-bond acceptors (Lipinski definition) is 2. The number of nitrogens with zero attached hydrogens (tertiary/aromatic N) is 2. The van der Waals surface area contributed by atoms with E-state index in [1.54, 1.807) is 31.3 Å². The van der Waals surface area contributed by atoms with E-state index in [2.05, 4.69) is 0 Å². The minimum Gasteiger partial charge on any atom is -0.346 e. The molecule has 0 N–H and O–H groups in total. The minimum absolute atomic E-state index is 0.129. The van der Waals surface area contributed by atoms with Crippen LogP contribution in [-0.4, -0.2) is 34.5 Å². The smallest absolute Gasteiger partial charge is 0.346 e. The molecule has 122 valence electrons. The molecular formula is C16H15F3N2O2. The van der Waals surface area contributed by atoms with Crippen molar-refractivity contribution in [2.75, 3.05) is 7.05 Å². The third-order valence-corrected chi connectivity index (χ3v) is 4.48. The number of amides is 2. The lowest BCUT2D eigenvalue weighted by molar-refractivity contribution is -0.161. The second kappa shape index (κ2) is 4.59. The van der Waals surface area contributed by atoms with Crippen LogP contribution in [-0.2, 0) is 17.3 Å². The van der Waals surface area contributed by atoms with Crippen molar-refractivity contribution in [2.45, 2.75) is 24.9 Å². The van der Waals surface area contributed by atoms with Crippen LogP contribution in [0.15, 0.2) is 24.3 Å². The van der Waals surface area contributed by atoms with Gasteiger partial charge in [-0.15, -0.1) is 0 Å². The van der Waals surface area contributed by atoms with E-state index in [0.717, 1.165) is 4.90 Å². The van der Waals surface area contributed by atoms with Gasteiger partial charge in [-0.2, -0.15) is 13.2 Å². The Balaban J connectivity index is 2.40. The van der Waals surface area contributed by atoms with E-state index in [4.69, 9.17) is 0 Å². The summed E-state index contributed by atoms with van der Waals surface area (Å²) in [5.41, 5.74) is -0.896. The first-order valence-corrected chi connectivity index (χ1v) is 7.05. The number of likely N-dealkylation sites (N-methyl/N-ethyl adjacent to an activating group) is 1. The summed E-state index contributed by atoms with van der Waals surface area (Å²) in [4.78, 5) is 25.8. The summed E-state index contributed by atoms with van der Waals surface area (Å²) in [5, 5.41) is 0.558. The van der Waals surface area contributed by atoms with Crippen LogP contribution in [0.5, 0.6) is 0 Å². The Bertz CT molecular complexity index is 838. The van der Waals surface area contributed by atoms with Gasteiger partial charge in [0.05, 0.1) is 17.4 Å². The highest BCUT2D eigenvalue weighted by molar-refractivity contribution is 6.19. The number of carbonyl (C=O) groups excluding carboxylic acids is 2. The van der Waals surface area contributed by atoms with Gasteiger partial charge in [0.2, 0.25) is 5.91 Å². The van der Waals surface area contributed by atoms with Crippen LogP contribution in [0.3, 0.4) is 0 Å². The molecule has 1 unspecified atom stereocenters. The molecule has 0 spiro atoms. The van der Waals surface area contributed by atoms with Crippen LogP contribution in [0, 0.1) is 0 Å². The molecule has 1 aliphatic rings. The SMILES string of the molecule is CN1C(=O)c2c(n(C)c3ccccc23)C(C)(CC(F)(F)F)C1=O. The second-order valence-electron chi connectivity index (χ2n) is 6.09. The predicted octanol–water partition coefficient (Wildman–Crippen LogP) is 3.00. The van der Waals surface area contributed by atoms with E-state index >= 15 is 0 Å². The lowest BCUT2D eigenvalue weighted by atomic mass is 9.76. The van der Waals surface area contributed by atoms with Crippen LogP contribution in [0.2, 0.25) is 0 Å². The van der Waals surface area contributed by atoms with Gasteiger partial charge in [0, 0.05) is 30.7 Å². The first-order chi connectivity index (χ1) is 10.6. The molecule has 0 saturated heterocycles. The van der Waals surface area contributed by atoms with Crippen molar-refractivity contribution in [3.8, 4) is 0 Å². The first-order valence-electron chi connectivity index (χ1n) is 7.05. The number of hydrogen-bond donors (Lipinski definition) is 0. The first kappa shape index (κ1) is 15.6. The van der Waals surface area contributed by atoms with Crippen molar-refractivity contribution < 1.29 is 22.8 Å². The quantitative estimate of drug-likeness (QED) is 0.757. The molecular weight excluding hydrogens is 309 g/mol.